The van der Waals surface area contributed by atoms with Crippen molar-refractivity contribution in [1.82, 2.24) is 4.90 Å². The van der Waals surface area contributed by atoms with E-state index < -0.39 is 5.97 Å². The van der Waals surface area contributed by atoms with Crippen LogP contribution in [0.1, 0.15) is 38.5 Å². The van der Waals surface area contributed by atoms with Crippen LogP contribution in [0.5, 0.6) is 17.2 Å². The molecule has 1 aromatic carbocycles. The Morgan fingerprint density at radius 3 is 2.19 bits per heavy atom. The van der Waals surface area contributed by atoms with Crippen molar-refractivity contribution in [2.45, 2.75) is 44.6 Å². The predicted molar refractivity (Wildman–Crippen MR) is 95.9 cm³/mol. The van der Waals surface area contributed by atoms with Gasteiger partial charge >= 0.3 is 5.97 Å². The number of carboxylic acids is 1. The summed E-state index contributed by atoms with van der Waals surface area (Å²) in [6.07, 6.45) is 3.14. The molecular formula is C19H27NO6. The van der Waals surface area contributed by atoms with Crippen LogP contribution in [0.3, 0.4) is 0 Å². The van der Waals surface area contributed by atoms with Crippen molar-refractivity contribution in [3.05, 3.63) is 18.2 Å². The number of benzene rings is 1. The van der Waals surface area contributed by atoms with E-state index in [0.717, 1.165) is 12.8 Å². The lowest BCUT2D eigenvalue weighted by Gasteiger charge is -2.32. The Morgan fingerprint density at radius 1 is 1.08 bits per heavy atom. The smallest absolute Gasteiger partial charge is 0.303 e. The largest absolute Gasteiger partial charge is 0.493 e. The molecule has 1 aliphatic rings. The third kappa shape index (κ3) is 5.54. The van der Waals surface area contributed by atoms with Crippen LogP contribution in [0.25, 0.3) is 0 Å². The van der Waals surface area contributed by atoms with Gasteiger partial charge in [0.15, 0.2) is 11.5 Å². The van der Waals surface area contributed by atoms with Crippen LogP contribution in [0.15, 0.2) is 18.2 Å². The first-order valence-electron chi connectivity index (χ1n) is 8.92. The number of carbonyl (C=O) groups is 2. The zero-order valence-corrected chi connectivity index (χ0v) is 15.4. The minimum Gasteiger partial charge on any atom is -0.493 e. The highest BCUT2D eigenvalue weighted by Crippen LogP contribution is 2.38. The maximum atomic E-state index is 12.2. The van der Waals surface area contributed by atoms with Crippen LogP contribution < -0.4 is 14.2 Å². The predicted octanol–water partition coefficient (Wildman–Crippen LogP) is 2.72. The Bertz CT molecular complexity index is 588. The van der Waals surface area contributed by atoms with Gasteiger partial charge < -0.3 is 24.2 Å². The van der Waals surface area contributed by atoms with Crippen molar-refractivity contribution in [1.29, 1.82) is 0 Å². The minimum atomic E-state index is -0.817. The molecule has 1 fully saturated rings. The van der Waals surface area contributed by atoms with E-state index in [-0.39, 0.29) is 18.4 Å². The number of piperidine rings is 1. The van der Waals surface area contributed by atoms with Crippen LogP contribution in [0.4, 0.5) is 0 Å². The van der Waals surface area contributed by atoms with Gasteiger partial charge in [0, 0.05) is 38.8 Å². The molecule has 7 heteroatoms. The SMILES string of the molecule is COc1cccc(OC)c1OC1CCN(C(=O)CCCCC(=O)O)CC1. The summed E-state index contributed by atoms with van der Waals surface area (Å²) in [6, 6.07) is 5.50. The van der Waals surface area contributed by atoms with Crippen LogP contribution in [0.2, 0.25) is 0 Å². The molecule has 0 saturated carbocycles. The highest BCUT2D eigenvalue weighted by molar-refractivity contribution is 5.76. The van der Waals surface area contributed by atoms with Crippen molar-refractivity contribution < 1.29 is 28.9 Å². The normalized spacial score (nSPS) is 14.8. The lowest BCUT2D eigenvalue weighted by molar-refractivity contribution is -0.138. The maximum Gasteiger partial charge on any atom is 0.303 e. The van der Waals surface area contributed by atoms with Gasteiger partial charge in [0.25, 0.3) is 0 Å². The molecule has 0 aromatic heterocycles. The number of likely N-dealkylation sites (tertiary alicyclic amines) is 1. The number of ether oxygens (including phenoxy) is 3. The molecule has 0 unspecified atom stereocenters. The number of rotatable bonds is 9. The molecule has 2 rings (SSSR count). The van der Waals surface area contributed by atoms with Gasteiger partial charge in [-0.05, 0) is 25.0 Å². The highest BCUT2D eigenvalue weighted by Gasteiger charge is 2.25. The van der Waals surface area contributed by atoms with Crippen molar-refractivity contribution in [2.75, 3.05) is 27.3 Å². The molecule has 1 aliphatic heterocycles. The number of aliphatic carboxylic acids is 1. The van der Waals surface area contributed by atoms with Gasteiger partial charge in [-0.15, -0.1) is 0 Å². The summed E-state index contributed by atoms with van der Waals surface area (Å²) in [7, 11) is 3.18. The molecule has 144 valence electrons. The number of nitrogens with zero attached hydrogens (tertiary/aromatic N) is 1. The van der Waals surface area contributed by atoms with Crippen LogP contribution in [-0.4, -0.2) is 55.3 Å². The van der Waals surface area contributed by atoms with Gasteiger partial charge in [0.2, 0.25) is 11.7 Å². The Balaban J connectivity index is 1.82. The fourth-order valence-electron chi connectivity index (χ4n) is 3.03. The third-order valence-electron chi connectivity index (χ3n) is 4.49. The number of para-hydroxylation sites is 1. The van der Waals surface area contributed by atoms with Crippen molar-refractivity contribution >= 4 is 11.9 Å². The Labute approximate surface area is 153 Å². The summed E-state index contributed by atoms with van der Waals surface area (Å²) in [4.78, 5) is 24.5. The number of amides is 1. The van der Waals surface area contributed by atoms with E-state index in [0.29, 0.717) is 49.6 Å². The van der Waals surface area contributed by atoms with E-state index >= 15 is 0 Å². The average Bonchev–Trinajstić information content (AvgIpc) is 2.65. The van der Waals surface area contributed by atoms with Crippen molar-refractivity contribution in [3.8, 4) is 17.2 Å². The number of methoxy groups -OCH3 is 2. The van der Waals surface area contributed by atoms with Gasteiger partial charge in [0.1, 0.15) is 6.10 Å². The molecule has 0 bridgehead atoms. The Morgan fingerprint density at radius 2 is 1.65 bits per heavy atom. The van der Waals surface area contributed by atoms with Gasteiger partial charge in [0.05, 0.1) is 14.2 Å². The van der Waals surface area contributed by atoms with Crippen molar-refractivity contribution in [2.24, 2.45) is 0 Å². The molecular weight excluding hydrogens is 338 g/mol. The standard InChI is InChI=1S/C19H27NO6/c1-24-15-6-5-7-16(25-2)19(15)26-14-10-12-20(13-11-14)17(21)8-3-4-9-18(22)23/h5-7,14H,3-4,8-13H2,1-2H3,(H,22,23). The van der Waals surface area contributed by atoms with Crippen LogP contribution >= 0.6 is 0 Å². The molecule has 0 radical (unpaired) electrons. The topological polar surface area (TPSA) is 85.3 Å². The van der Waals surface area contributed by atoms with Gasteiger partial charge in [-0.2, -0.15) is 0 Å². The molecule has 0 atom stereocenters. The van der Waals surface area contributed by atoms with E-state index in [1.165, 1.54) is 0 Å². The number of hydrogen-bond donors (Lipinski definition) is 1. The second-order valence-corrected chi connectivity index (χ2v) is 6.29. The number of unbranched alkanes of at least 4 members (excludes halogenated alkanes) is 1. The zero-order valence-electron chi connectivity index (χ0n) is 15.4. The second kappa shape index (κ2) is 9.89. The van der Waals surface area contributed by atoms with E-state index in [1.54, 1.807) is 14.2 Å². The van der Waals surface area contributed by atoms with Gasteiger partial charge in [-0.25, -0.2) is 0 Å². The van der Waals surface area contributed by atoms with E-state index in [2.05, 4.69) is 0 Å². The van der Waals surface area contributed by atoms with Crippen LogP contribution in [-0.2, 0) is 9.59 Å². The summed E-state index contributed by atoms with van der Waals surface area (Å²) >= 11 is 0. The first-order chi connectivity index (χ1) is 12.5. The molecule has 0 spiro atoms. The zero-order chi connectivity index (χ0) is 18.9. The molecule has 1 aromatic rings. The Hall–Kier alpha value is -2.44. The van der Waals surface area contributed by atoms with Crippen molar-refractivity contribution in [3.63, 3.8) is 0 Å². The summed E-state index contributed by atoms with van der Waals surface area (Å²) < 4.78 is 16.8. The highest BCUT2D eigenvalue weighted by atomic mass is 16.5. The van der Waals surface area contributed by atoms with E-state index in [1.807, 2.05) is 23.1 Å². The summed E-state index contributed by atoms with van der Waals surface area (Å²) in [5, 5.41) is 8.63. The molecule has 1 heterocycles. The summed E-state index contributed by atoms with van der Waals surface area (Å²) in [5.41, 5.74) is 0. The lowest BCUT2D eigenvalue weighted by Crippen LogP contribution is -2.41. The minimum absolute atomic E-state index is 0.00346. The lowest BCUT2D eigenvalue weighted by atomic mass is 10.1. The third-order valence-corrected chi connectivity index (χ3v) is 4.49. The fraction of sp³-hybridized carbons (Fsp3) is 0.579. The summed E-state index contributed by atoms with van der Waals surface area (Å²) in [6.45, 7) is 1.28. The summed E-state index contributed by atoms with van der Waals surface area (Å²) in [5.74, 6) is 1.12. The Kier molecular flexibility index (Phi) is 7.56. The quantitative estimate of drug-likeness (QED) is 0.677. The molecule has 1 N–H and O–H groups in total. The molecule has 1 saturated heterocycles. The second-order valence-electron chi connectivity index (χ2n) is 6.29. The van der Waals surface area contributed by atoms with Gasteiger partial charge in [-0.3, -0.25) is 9.59 Å². The van der Waals surface area contributed by atoms with Crippen LogP contribution in [0, 0.1) is 0 Å². The van der Waals surface area contributed by atoms with E-state index in [4.69, 9.17) is 19.3 Å². The molecule has 1 amide bonds. The number of carbonyl (C=O) groups excluding carboxylic acids is 1. The maximum absolute atomic E-state index is 12.2. The molecule has 26 heavy (non-hydrogen) atoms. The number of hydrogen-bond acceptors (Lipinski definition) is 5. The monoisotopic (exact) mass is 365 g/mol. The molecule has 0 aliphatic carbocycles. The number of carboxylic acid groups (broad SMARTS) is 1. The average molecular weight is 365 g/mol. The van der Waals surface area contributed by atoms with Gasteiger partial charge in [-0.1, -0.05) is 6.07 Å². The van der Waals surface area contributed by atoms with E-state index in [9.17, 15) is 9.59 Å². The first-order valence-corrected chi connectivity index (χ1v) is 8.92. The fourth-order valence-corrected chi connectivity index (χ4v) is 3.03. The first kappa shape index (κ1) is 19.9. The molecule has 7 nitrogen and oxygen atoms in total.